The van der Waals surface area contributed by atoms with Crippen LogP contribution < -0.4 is 5.32 Å². The van der Waals surface area contributed by atoms with Gasteiger partial charge in [0.1, 0.15) is 0 Å². The fraction of sp³-hybridized carbons (Fsp3) is 0.867. The monoisotopic (exact) mass is 282 g/mol. The van der Waals surface area contributed by atoms with E-state index in [0.717, 1.165) is 38.9 Å². The van der Waals surface area contributed by atoms with Crippen molar-refractivity contribution >= 4 is 12.0 Å². The van der Waals surface area contributed by atoms with E-state index in [1.165, 1.54) is 25.7 Å². The van der Waals surface area contributed by atoms with Crippen LogP contribution in [0.4, 0.5) is 4.79 Å². The van der Waals surface area contributed by atoms with Crippen LogP contribution in [0, 0.1) is 11.8 Å². The lowest BCUT2D eigenvalue weighted by Crippen LogP contribution is -2.45. The van der Waals surface area contributed by atoms with Crippen molar-refractivity contribution in [2.24, 2.45) is 11.8 Å². The van der Waals surface area contributed by atoms with Gasteiger partial charge in [0, 0.05) is 26.1 Å². The fourth-order valence-corrected chi connectivity index (χ4v) is 3.31. The van der Waals surface area contributed by atoms with Crippen LogP contribution in [-0.2, 0) is 4.79 Å². The number of likely N-dealkylation sites (tertiary alicyclic amines) is 1. The topological polar surface area (TPSA) is 69.6 Å². The minimum absolute atomic E-state index is 0.0635. The third-order valence-corrected chi connectivity index (χ3v) is 4.68. The number of hydrogen-bond donors (Lipinski definition) is 2. The third-order valence-electron chi connectivity index (χ3n) is 4.68. The predicted molar refractivity (Wildman–Crippen MR) is 76.5 cm³/mol. The number of urea groups is 1. The number of carbonyl (C=O) groups excluding carboxylic acids is 1. The summed E-state index contributed by atoms with van der Waals surface area (Å²) in [6, 6.07) is 0.0635. The van der Waals surface area contributed by atoms with E-state index in [9.17, 15) is 9.59 Å². The molecule has 114 valence electrons. The van der Waals surface area contributed by atoms with Gasteiger partial charge in [-0.2, -0.15) is 0 Å². The van der Waals surface area contributed by atoms with Gasteiger partial charge in [0.2, 0.25) is 0 Å². The van der Waals surface area contributed by atoms with Crippen molar-refractivity contribution in [1.82, 2.24) is 10.2 Å². The van der Waals surface area contributed by atoms with Gasteiger partial charge in [-0.05, 0) is 43.9 Å². The first kappa shape index (κ1) is 15.1. The number of carboxylic acids is 1. The Morgan fingerprint density at radius 1 is 1.05 bits per heavy atom. The van der Waals surface area contributed by atoms with Gasteiger partial charge in [0.15, 0.2) is 0 Å². The highest BCUT2D eigenvalue weighted by Gasteiger charge is 2.24. The number of rotatable bonds is 5. The van der Waals surface area contributed by atoms with Crippen LogP contribution in [0.5, 0.6) is 0 Å². The minimum atomic E-state index is -0.721. The number of nitrogens with one attached hydrogen (secondary N) is 1. The first-order chi connectivity index (χ1) is 9.65. The van der Waals surface area contributed by atoms with Crippen molar-refractivity contribution in [1.29, 1.82) is 0 Å². The summed E-state index contributed by atoms with van der Waals surface area (Å²) in [4.78, 5) is 24.5. The highest BCUT2D eigenvalue weighted by Crippen LogP contribution is 2.24. The minimum Gasteiger partial charge on any atom is -0.481 e. The molecule has 1 saturated carbocycles. The van der Waals surface area contributed by atoms with Gasteiger partial charge in [0.05, 0.1) is 0 Å². The molecule has 2 amide bonds. The summed E-state index contributed by atoms with van der Waals surface area (Å²) >= 11 is 0. The Morgan fingerprint density at radius 2 is 1.70 bits per heavy atom. The van der Waals surface area contributed by atoms with Gasteiger partial charge in [-0.3, -0.25) is 4.79 Å². The van der Waals surface area contributed by atoms with Crippen molar-refractivity contribution in [3.05, 3.63) is 0 Å². The van der Waals surface area contributed by atoms with Crippen LogP contribution in [0.15, 0.2) is 0 Å². The van der Waals surface area contributed by atoms with E-state index in [4.69, 9.17) is 5.11 Å². The van der Waals surface area contributed by atoms with E-state index in [2.05, 4.69) is 5.32 Å². The first-order valence-corrected chi connectivity index (χ1v) is 7.89. The molecule has 2 aliphatic rings. The van der Waals surface area contributed by atoms with Crippen LogP contribution in [0.1, 0.15) is 51.4 Å². The second-order valence-electron chi connectivity index (χ2n) is 6.20. The highest BCUT2D eigenvalue weighted by atomic mass is 16.4. The second kappa shape index (κ2) is 7.50. The third kappa shape index (κ3) is 4.69. The molecule has 1 aliphatic carbocycles. The van der Waals surface area contributed by atoms with E-state index >= 15 is 0 Å². The van der Waals surface area contributed by atoms with Gasteiger partial charge in [0.25, 0.3) is 0 Å². The Labute approximate surface area is 120 Å². The largest absolute Gasteiger partial charge is 0.481 e. The highest BCUT2D eigenvalue weighted by molar-refractivity contribution is 5.74. The SMILES string of the molecule is O=C(O)CCC1CCN(C(=O)NCC2CCCC2)CC1. The van der Waals surface area contributed by atoms with E-state index in [-0.39, 0.29) is 12.5 Å². The molecule has 1 saturated heterocycles. The van der Waals surface area contributed by atoms with Crippen LogP contribution in [0.25, 0.3) is 0 Å². The van der Waals surface area contributed by atoms with Crippen molar-refractivity contribution in [3.63, 3.8) is 0 Å². The number of carboxylic acid groups (broad SMARTS) is 1. The maximum atomic E-state index is 12.0. The molecule has 2 N–H and O–H groups in total. The average molecular weight is 282 g/mol. The molecule has 0 aromatic rings. The van der Waals surface area contributed by atoms with Crippen LogP contribution in [0.3, 0.4) is 0 Å². The Hall–Kier alpha value is -1.26. The molecule has 0 bridgehead atoms. The number of hydrogen-bond acceptors (Lipinski definition) is 2. The molecule has 5 nitrogen and oxygen atoms in total. The molecule has 5 heteroatoms. The van der Waals surface area contributed by atoms with Gasteiger partial charge in [-0.25, -0.2) is 4.79 Å². The van der Waals surface area contributed by atoms with Crippen LogP contribution >= 0.6 is 0 Å². The summed E-state index contributed by atoms with van der Waals surface area (Å²) in [7, 11) is 0. The molecule has 0 radical (unpaired) electrons. The lowest BCUT2D eigenvalue weighted by Gasteiger charge is -2.32. The molecule has 1 heterocycles. The zero-order chi connectivity index (χ0) is 14.4. The molecule has 0 aromatic heterocycles. The van der Waals surface area contributed by atoms with Crippen LogP contribution in [-0.4, -0.2) is 41.6 Å². The quantitative estimate of drug-likeness (QED) is 0.814. The zero-order valence-corrected chi connectivity index (χ0v) is 12.1. The number of nitrogens with zero attached hydrogens (tertiary/aromatic N) is 1. The molecule has 20 heavy (non-hydrogen) atoms. The van der Waals surface area contributed by atoms with E-state index in [0.29, 0.717) is 11.8 Å². The Kier molecular flexibility index (Phi) is 5.68. The number of carbonyl (C=O) groups is 2. The Bertz CT molecular complexity index is 332. The molecular weight excluding hydrogens is 256 g/mol. The summed E-state index contributed by atoms with van der Waals surface area (Å²) in [5.41, 5.74) is 0. The van der Waals surface area contributed by atoms with E-state index in [1.54, 1.807) is 0 Å². The molecule has 1 aliphatic heterocycles. The van der Waals surface area contributed by atoms with Crippen molar-refractivity contribution in [2.75, 3.05) is 19.6 Å². The van der Waals surface area contributed by atoms with E-state index in [1.807, 2.05) is 4.90 Å². The maximum Gasteiger partial charge on any atom is 0.317 e. The van der Waals surface area contributed by atoms with Gasteiger partial charge in [-0.15, -0.1) is 0 Å². The smallest absolute Gasteiger partial charge is 0.317 e. The molecule has 2 rings (SSSR count). The Balaban J connectivity index is 1.62. The maximum absolute atomic E-state index is 12.0. The van der Waals surface area contributed by atoms with Crippen LogP contribution in [0.2, 0.25) is 0 Å². The summed E-state index contributed by atoms with van der Waals surface area (Å²) in [6.07, 6.45) is 7.96. The summed E-state index contributed by atoms with van der Waals surface area (Å²) in [5.74, 6) is 0.416. The lowest BCUT2D eigenvalue weighted by atomic mass is 9.92. The van der Waals surface area contributed by atoms with Gasteiger partial charge >= 0.3 is 12.0 Å². The average Bonchev–Trinajstić information content (AvgIpc) is 2.96. The second-order valence-corrected chi connectivity index (χ2v) is 6.20. The molecule has 0 unspecified atom stereocenters. The standard InChI is InChI=1S/C15H26N2O3/c18-14(19)6-5-12-7-9-17(10-8-12)15(20)16-11-13-3-1-2-4-13/h12-13H,1-11H2,(H,16,20)(H,18,19). The molecule has 0 atom stereocenters. The number of piperidine rings is 1. The fourth-order valence-electron chi connectivity index (χ4n) is 3.31. The van der Waals surface area contributed by atoms with Crippen molar-refractivity contribution < 1.29 is 14.7 Å². The molecule has 2 fully saturated rings. The normalized spacial score (nSPS) is 21.1. The molecular formula is C15H26N2O3. The lowest BCUT2D eigenvalue weighted by molar-refractivity contribution is -0.137. The number of amides is 2. The van der Waals surface area contributed by atoms with Crippen molar-refractivity contribution in [3.8, 4) is 0 Å². The van der Waals surface area contributed by atoms with Crippen molar-refractivity contribution in [2.45, 2.75) is 51.4 Å². The molecule has 0 aromatic carbocycles. The molecule has 0 spiro atoms. The number of aliphatic carboxylic acids is 1. The van der Waals surface area contributed by atoms with Gasteiger partial charge in [-0.1, -0.05) is 12.8 Å². The predicted octanol–water partition coefficient (Wildman–Crippen LogP) is 2.46. The zero-order valence-electron chi connectivity index (χ0n) is 12.1. The first-order valence-electron chi connectivity index (χ1n) is 7.89. The summed E-state index contributed by atoms with van der Waals surface area (Å²) < 4.78 is 0. The Morgan fingerprint density at radius 3 is 2.30 bits per heavy atom. The van der Waals surface area contributed by atoms with Gasteiger partial charge < -0.3 is 15.3 Å². The summed E-state index contributed by atoms with van der Waals surface area (Å²) in [5, 5.41) is 11.7. The van der Waals surface area contributed by atoms with E-state index < -0.39 is 5.97 Å². The summed E-state index contributed by atoms with van der Waals surface area (Å²) in [6.45, 7) is 2.35.